The van der Waals surface area contributed by atoms with E-state index in [-0.39, 0.29) is 18.5 Å². The molecule has 2 N–H and O–H groups in total. The first-order chi connectivity index (χ1) is 19.5. The molecule has 0 fully saturated rings. The van der Waals surface area contributed by atoms with Gasteiger partial charge in [0.05, 0.1) is 23.1 Å². The van der Waals surface area contributed by atoms with Crippen molar-refractivity contribution >= 4 is 45.8 Å². The van der Waals surface area contributed by atoms with Crippen LogP contribution in [0.2, 0.25) is 5.02 Å². The predicted molar refractivity (Wildman–Crippen MR) is 161 cm³/mol. The number of nitrogens with zero attached hydrogens (tertiary/aromatic N) is 2. The molecule has 3 aromatic carbocycles. The lowest BCUT2D eigenvalue weighted by Crippen LogP contribution is -2.23. The van der Waals surface area contributed by atoms with Crippen LogP contribution in [-0.4, -0.2) is 28.5 Å². The Bertz CT molecular complexity index is 1670. The first-order valence-corrected chi connectivity index (χ1v) is 14.3. The van der Waals surface area contributed by atoms with Crippen LogP contribution in [0.5, 0.6) is 5.75 Å². The summed E-state index contributed by atoms with van der Waals surface area (Å²) >= 11 is 8.22. The summed E-state index contributed by atoms with van der Waals surface area (Å²) in [4.78, 5) is 8.89. The van der Waals surface area contributed by atoms with Crippen molar-refractivity contribution in [1.82, 2.24) is 15.3 Å². The highest BCUT2D eigenvalue weighted by atomic mass is 35.5. The molecule has 2 heterocycles. The Morgan fingerprint density at radius 1 is 1.10 bits per heavy atom. The molecule has 0 saturated heterocycles. The number of nitrogens with one attached hydrogen (secondary N) is 2. The minimum Gasteiger partial charge on any atom is -0.487 e. The molecule has 2 aromatic heterocycles. The van der Waals surface area contributed by atoms with Crippen LogP contribution in [0, 0.1) is 18.2 Å². The number of furan rings is 1. The van der Waals surface area contributed by atoms with E-state index in [1.54, 1.807) is 36.0 Å². The van der Waals surface area contributed by atoms with Crippen molar-refractivity contribution in [3.8, 4) is 29.4 Å². The van der Waals surface area contributed by atoms with Gasteiger partial charge in [-0.05, 0) is 72.5 Å². The van der Waals surface area contributed by atoms with Crippen LogP contribution in [0.4, 0.5) is 15.9 Å². The molecule has 202 valence electrons. The summed E-state index contributed by atoms with van der Waals surface area (Å²) < 4.78 is 25.5. The molecule has 0 saturated carbocycles. The molecule has 0 aliphatic rings. The fourth-order valence-electron chi connectivity index (χ4n) is 4.22. The molecule has 0 spiro atoms. The van der Waals surface area contributed by atoms with Gasteiger partial charge in [0.15, 0.2) is 0 Å². The normalized spacial score (nSPS) is 11.8. The summed E-state index contributed by atoms with van der Waals surface area (Å²) in [7, 11) is 0. The summed E-state index contributed by atoms with van der Waals surface area (Å²) in [5.41, 5.74) is 3.13. The summed E-state index contributed by atoms with van der Waals surface area (Å²) in [6.07, 6.45) is 8.99. The number of hydrogen-bond acceptors (Lipinski definition) is 7. The van der Waals surface area contributed by atoms with Gasteiger partial charge in [-0.15, -0.1) is 6.42 Å². The summed E-state index contributed by atoms with van der Waals surface area (Å²) in [5.74, 6) is 5.84. The lowest BCUT2D eigenvalue weighted by molar-refractivity contribution is 0.306. The Morgan fingerprint density at radius 2 is 2.00 bits per heavy atom. The maximum Gasteiger partial charge on any atom is 0.141 e. The van der Waals surface area contributed by atoms with Gasteiger partial charge in [-0.1, -0.05) is 29.7 Å². The Labute approximate surface area is 241 Å². The van der Waals surface area contributed by atoms with Crippen LogP contribution in [0.25, 0.3) is 22.2 Å². The van der Waals surface area contributed by atoms with Gasteiger partial charge in [0, 0.05) is 22.4 Å². The monoisotopic (exact) mass is 572 g/mol. The number of thioether (sulfide) groups is 1. The zero-order chi connectivity index (χ0) is 27.9. The van der Waals surface area contributed by atoms with Crippen molar-refractivity contribution in [3.05, 3.63) is 101 Å². The van der Waals surface area contributed by atoms with E-state index in [0.717, 1.165) is 39.4 Å². The largest absolute Gasteiger partial charge is 0.487 e. The third-order valence-corrected chi connectivity index (χ3v) is 7.11. The highest BCUT2D eigenvalue weighted by Crippen LogP contribution is 2.33. The van der Waals surface area contributed by atoms with E-state index in [0.29, 0.717) is 28.7 Å². The molecule has 0 aliphatic carbocycles. The predicted octanol–water partition coefficient (Wildman–Crippen LogP) is 7.63. The van der Waals surface area contributed by atoms with E-state index in [4.69, 9.17) is 27.2 Å². The number of aromatic nitrogens is 2. The zero-order valence-electron chi connectivity index (χ0n) is 21.7. The van der Waals surface area contributed by atoms with E-state index in [9.17, 15) is 4.39 Å². The average Bonchev–Trinajstić information content (AvgIpc) is 3.45. The van der Waals surface area contributed by atoms with Gasteiger partial charge in [0.1, 0.15) is 41.8 Å². The van der Waals surface area contributed by atoms with Gasteiger partial charge in [-0.2, -0.15) is 11.8 Å². The Kier molecular flexibility index (Phi) is 8.87. The minimum atomic E-state index is -0.309. The van der Waals surface area contributed by atoms with Crippen molar-refractivity contribution < 1.29 is 13.5 Å². The number of ether oxygens (including phenoxy) is 1. The third-order valence-electron chi connectivity index (χ3n) is 6.15. The highest BCUT2D eigenvalue weighted by molar-refractivity contribution is 7.98. The fraction of sp³-hybridized carbons (Fsp3) is 0.161. The van der Waals surface area contributed by atoms with Gasteiger partial charge < -0.3 is 14.5 Å². The second-order valence-corrected chi connectivity index (χ2v) is 10.3. The topological polar surface area (TPSA) is 72.2 Å². The zero-order valence-corrected chi connectivity index (χ0v) is 23.2. The molecule has 5 rings (SSSR count). The van der Waals surface area contributed by atoms with Crippen LogP contribution in [0.3, 0.4) is 0 Å². The van der Waals surface area contributed by atoms with Crippen molar-refractivity contribution in [2.24, 2.45) is 0 Å². The molecule has 0 radical (unpaired) electrons. The first-order valence-electron chi connectivity index (χ1n) is 12.5. The Morgan fingerprint density at radius 3 is 2.80 bits per heavy atom. The Balaban J connectivity index is 1.35. The molecular weight excluding hydrogens is 547 g/mol. The van der Waals surface area contributed by atoms with E-state index in [1.807, 2.05) is 42.7 Å². The molecule has 6 nitrogen and oxygen atoms in total. The first kappa shape index (κ1) is 27.5. The van der Waals surface area contributed by atoms with Crippen molar-refractivity contribution in [3.63, 3.8) is 0 Å². The van der Waals surface area contributed by atoms with E-state index in [2.05, 4.69) is 26.5 Å². The van der Waals surface area contributed by atoms with Crippen molar-refractivity contribution in [2.75, 3.05) is 23.9 Å². The number of halogens is 2. The van der Waals surface area contributed by atoms with Crippen LogP contribution < -0.4 is 15.4 Å². The fourth-order valence-corrected chi connectivity index (χ4v) is 5.07. The maximum absolute atomic E-state index is 13.5. The number of anilines is 2. The van der Waals surface area contributed by atoms with Crippen LogP contribution in [0.1, 0.15) is 17.4 Å². The van der Waals surface area contributed by atoms with E-state index >= 15 is 0 Å². The molecule has 40 heavy (non-hydrogen) atoms. The molecule has 5 aromatic rings. The van der Waals surface area contributed by atoms with Gasteiger partial charge >= 0.3 is 0 Å². The number of benzene rings is 3. The lowest BCUT2D eigenvalue weighted by atomic mass is 10.1. The van der Waals surface area contributed by atoms with Gasteiger partial charge in [0.25, 0.3) is 0 Å². The average molecular weight is 573 g/mol. The van der Waals surface area contributed by atoms with E-state index in [1.165, 1.54) is 18.5 Å². The summed E-state index contributed by atoms with van der Waals surface area (Å²) in [5, 5.41) is 7.91. The molecule has 0 aliphatic heterocycles. The molecule has 1 atom stereocenters. The number of terminal acetylenes is 1. The SMILES string of the molecule is C#CCNC(CSC)c1ccc(-c2ccc3ncnc(Nc4ccc(OCc5cccc(F)c5)c(Cl)c4)c3c2)o1. The minimum absolute atomic E-state index is 0.0198. The number of fused-ring (bicyclic) bond motifs is 1. The highest BCUT2D eigenvalue weighted by Gasteiger charge is 2.16. The van der Waals surface area contributed by atoms with E-state index < -0.39 is 0 Å². The number of rotatable bonds is 11. The third kappa shape index (κ3) is 6.57. The summed E-state index contributed by atoms with van der Waals surface area (Å²) in [6, 6.07) is 21.5. The molecular formula is C31H26ClFN4O2S. The smallest absolute Gasteiger partial charge is 0.141 e. The van der Waals surface area contributed by atoms with Crippen LogP contribution in [0.15, 0.2) is 83.5 Å². The van der Waals surface area contributed by atoms with Crippen molar-refractivity contribution in [1.29, 1.82) is 0 Å². The van der Waals surface area contributed by atoms with Crippen LogP contribution in [-0.2, 0) is 6.61 Å². The van der Waals surface area contributed by atoms with Gasteiger partial charge in [-0.3, -0.25) is 5.32 Å². The molecule has 1 unspecified atom stereocenters. The molecule has 9 heteroatoms. The quantitative estimate of drug-likeness (QED) is 0.158. The summed E-state index contributed by atoms with van der Waals surface area (Å²) in [6.45, 7) is 0.670. The van der Waals surface area contributed by atoms with Crippen molar-refractivity contribution in [2.45, 2.75) is 12.6 Å². The maximum atomic E-state index is 13.5. The molecule has 0 bridgehead atoms. The Hall–Kier alpha value is -4.03. The second-order valence-electron chi connectivity index (χ2n) is 8.94. The lowest BCUT2D eigenvalue weighted by Gasteiger charge is -2.13. The number of hydrogen-bond donors (Lipinski definition) is 2. The second kappa shape index (κ2) is 12.9. The standard InChI is InChI=1S/C31H26ClFN4O2S/c1-3-13-34-27(18-40-2)30-12-11-28(39-30)21-7-9-26-24(15-21)31(36-19-35-26)37-23-8-10-29(25(32)16-23)38-17-20-5-4-6-22(33)14-20/h1,4-12,14-16,19,27,34H,13,17-18H2,2H3,(H,35,36,37). The molecule has 0 amide bonds. The van der Waals surface area contributed by atoms with Crippen LogP contribution >= 0.6 is 23.4 Å². The van der Waals surface area contributed by atoms with Gasteiger partial charge in [-0.25, -0.2) is 14.4 Å². The van der Waals surface area contributed by atoms with Gasteiger partial charge in [0.2, 0.25) is 0 Å².